The van der Waals surface area contributed by atoms with Crippen LogP contribution < -0.4 is 5.32 Å². The zero-order valence-corrected chi connectivity index (χ0v) is 5.81. The standard InChI is InChI=1S/C7H9N3/c1-5-4-9-7-6(10-5)2-3-8-7/h2-3,8-9H,4H2,1H3. The van der Waals surface area contributed by atoms with Gasteiger partial charge in [0.05, 0.1) is 6.54 Å². The van der Waals surface area contributed by atoms with Crippen molar-refractivity contribution in [1.29, 1.82) is 0 Å². The van der Waals surface area contributed by atoms with Crippen molar-refractivity contribution in [1.82, 2.24) is 4.98 Å². The van der Waals surface area contributed by atoms with Crippen LogP contribution in [-0.2, 0) is 0 Å². The van der Waals surface area contributed by atoms with E-state index < -0.39 is 0 Å². The molecule has 0 saturated carbocycles. The Bertz CT molecular complexity index is 272. The smallest absolute Gasteiger partial charge is 0.129 e. The van der Waals surface area contributed by atoms with E-state index in [1.54, 1.807) is 0 Å². The molecule has 2 heterocycles. The minimum absolute atomic E-state index is 0.855. The van der Waals surface area contributed by atoms with E-state index in [9.17, 15) is 0 Å². The molecule has 2 N–H and O–H groups in total. The minimum atomic E-state index is 0.855. The molecular formula is C7H9N3. The zero-order chi connectivity index (χ0) is 6.97. The Morgan fingerprint density at radius 2 is 2.50 bits per heavy atom. The predicted octanol–water partition coefficient (Wildman–Crippen LogP) is 1.53. The normalized spacial score (nSPS) is 15.5. The van der Waals surface area contributed by atoms with Crippen LogP contribution in [0.4, 0.5) is 11.5 Å². The van der Waals surface area contributed by atoms with Crippen LogP contribution >= 0.6 is 0 Å². The van der Waals surface area contributed by atoms with Gasteiger partial charge < -0.3 is 10.3 Å². The van der Waals surface area contributed by atoms with E-state index in [1.165, 1.54) is 0 Å². The van der Waals surface area contributed by atoms with E-state index >= 15 is 0 Å². The van der Waals surface area contributed by atoms with E-state index in [0.29, 0.717) is 0 Å². The minimum Gasteiger partial charge on any atom is -0.365 e. The molecule has 0 saturated heterocycles. The molecule has 1 aromatic rings. The van der Waals surface area contributed by atoms with Gasteiger partial charge in [0.1, 0.15) is 11.5 Å². The molecule has 0 atom stereocenters. The first-order chi connectivity index (χ1) is 4.86. The molecule has 3 nitrogen and oxygen atoms in total. The topological polar surface area (TPSA) is 40.2 Å². The van der Waals surface area contributed by atoms with Crippen LogP contribution in [0.1, 0.15) is 6.92 Å². The highest BCUT2D eigenvalue weighted by Gasteiger charge is 2.07. The molecule has 3 heteroatoms. The molecule has 0 fully saturated rings. The fourth-order valence-electron chi connectivity index (χ4n) is 1.06. The summed E-state index contributed by atoms with van der Waals surface area (Å²) in [5.74, 6) is 1.03. The number of aliphatic imine (C=N–C) groups is 1. The largest absolute Gasteiger partial charge is 0.365 e. The molecular weight excluding hydrogens is 126 g/mol. The fourth-order valence-corrected chi connectivity index (χ4v) is 1.06. The molecule has 52 valence electrons. The van der Waals surface area contributed by atoms with E-state index in [-0.39, 0.29) is 0 Å². The summed E-state index contributed by atoms with van der Waals surface area (Å²) < 4.78 is 0. The van der Waals surface area contributed by atoms with Gasteiger partial charge in [-0.25, -0.2) is 0 Å². The van der Waals surface area contributed by atoms with Crippen LogP contribution in [0.25, 0.3) is 0 Å². The fraction of sp³-hybridized carbons (Fsp3) is 0.286. The van der Waals surface area contributed by atoms with Crippen LogP contribution in [-0.4, -0.2) is 17.2 Å². The van der Waals surface area contributed by atoms with Crippen LogP contribution in [0, 0.1) is 0 Å². The maximum absolute atomic E-state index is 4.33. The molecule has 0 radical (unpaired) electrons. The summed E-state index contributed by atoms with van der Waals surface area (Å²) in [6.45, 7) is 2.87. The Morgan fingerprint density at radius 1 is 1.60 bits per heavy atom. The second-order valence-electron chi connectivity index (χ2n) is 2.44. The second kappa shape index (κ2) is 1.87. The Morgan fingerprint density at radius 3 is 3.40 bits per heavy atom. The molecule has 1 aliphatic rings. The highest BCUT2D eigenvalue weighted by atomic mass is 15.1. The van der Waals surface area contributed by atoms with Gasteiger partial charge in [0.15, 0.2) is 0 Å². The van der Waals surface area contributed by atoms with Crippen molar-refractivity contribution in [3.8, 4) is 0 Å². The molecule has 0 bridgehead atoms. The number of anilines is 1. The Hall–Kier alpha value is -1.25. The van der Waals surface area contributed by atoms with E-state index in [1.807, 2.05) is 19.2 Å². The summed E-state index contributed by atoms with van der Waals surface area (Å²) >= 11 is 0. The lowest BCUT2D eigenvalue weighted by atomic mass is 10.3. The number of rotatable bonds is 0. The molecule has 0 aliphatic carbocycles. The van der Waals surface area contributed by atoms with Crippen LogP contribution in [0.5, 0.6) is 0 Å². The lowest BCUT2D eigenvalue weighted by Gasteiger charge is -2.10. The summed E-state index contributed by atoms with van der Waals surface area (Å²) in [6.07, 6.45) is 1.89. The zero-order valence-electron chi connectivity index (χ0n) is 5.81. The van der Waals surface area contributed by atoms with Gasteiger partial charge in [0, 0.05) is 11.9 Å². The average molecular weight is 135 g/mol. The third-order valence-corrected chi connectivity index (χ3v) is 1.56. The molecule has 0 amide bonds. The van der Waals surface area contributed by atoms with Gasteiger partial charge in [-0.2, -0.15) is 0 Å². The van der Waals surface area contributed by atoms with Gasteiger partial charge >= 0.3 is 0 Å². The SMILES string of the molecule is CC1=Nc2cc[nH]c2NC1. The molecule has 0 spiro atoms. The highest BCUT2D eigenvalue weighted by Crippen LogP contribution is 2.25. The average Bonchev–Trinajstić information content (AvgIpc) is 2.33. The van der Waals surface area contributed by atoms with Crippen molar-refractivity contribution in [2.45, 2.75) is 6.92 Å². The Labute approximate surface area is 59.2 Å². The van der Waals surface area contributed by atoms with E-state index in [0.717, 1.165) is 23.8 Å². The van der Waals surface area contributed by atoms with Crippen LogP contribution in [0.3, 0.4) is 0 Å². The molecule has 0 unspecified atom stereocenters. The van der Waals surface area contributed by atoms with Gasteiger partial charge in [0.2, 0.25) is 0 Å². The highest BCUT2D eigenvalue weighted by molar-refractivity contribution is 5.92. The molecule has 1 aliphatic heterocycles. The number of hydrogen-bond acceptors (Lipinski definition) is 2. The van der Waals surface area contributed by atoms with E-state index in [4.69, 9.17) is 0 Å². The number of nitrogens with one attached hydrogen (secondary N) is 2. The lowest BCUT2D eigenvalue weighted by Crippen LogP contribution is -2.13. The Kier molecular flexibility index (Phi) is 1.03. The number of H-pyrrole nitrogens is 1. The first kappa shape index (κ1) is 5.53. The first-order valence-corrected chi connectivity index (χ1v) is 3.32. The molecule has 10 heavy (non-hydrogen) atoms. The van der Waals surface area contributed by atoms with Crippen molar-refractivity contribution in [2.75, 3.05) is 11.9 Å². The van der Waals surface area contributed by atoms with Gasteiger partial charge in [-0.1, -0.05) is 0 Å². The van der Waals surface area contributed by atoms with Gasteiger partial charge in [-0.05, 0) is 13.0 Å². The number of aromatic nitrogens is 1. The number of nitrogens with zero attached hydrogens (tertiary/aromatic N) is 1. The summed E-state index contributed by atoms with van der Waals surface area (Å²) in [5.41, 5.74) is 2.15. The third-order valence-electron chi connectivity index (χ3n) is 1.56. The number of fused-ring (bicyclic) bond motifs is 1. The summed E-state index contributed by atoms with van der Waals surface area (Å²) in [5, 5.41) is 3.21. The van der Waals surface area contributed by atoms with Crippen LogP contribution in [0.2, 0.25) is 0 Å². The van der Waals surface area contributed by atoms with E-state index in [2.05, 4.69) is 15.3 Å². The lowest BCUT2D eigenvalue weighted by molar-refractivity contribution is 1.24. The summed E-state index contributed by atoms with van der Waals surface area (Å²) in [7, 11) is 0. The maximum atomic E-state index is 4.33. The predicted molar refractivity (Wildman–Crippen MR) is 42.1 cm³/mol. The monoisotopic (exact) mass is 135 g/mol. The van der Waals surface area contributed by atoms with Crippen LogP contribution in [0.15, 0.2) is 17.3 Å². The number of aromatic amines is 1. The number of hydrogen-bond donors (Lipinski definition) is 2. The van der Waals surface area contributed by atoms with Gasteiger partial charge in [-0.15, -0.1) is 0 Å². The molecule has 1 aromatic heterocycles. The van der Waals surface area contributed by atoms with Crippen molar-refractivity contribution < 1.29 is 0 Å². The molecule has 0 aromatic carbocycles. The quantitative estimate of drug-likeness (QED) is 0.556. The third kappa shape index (κ3) is 0.708. The van der Waals surface area contributed by atoms with Crippen molar-refractivity contribution in [3.05, 3.63) is 12.3 Å². The van der Waals surface area contributed by atoms with Gasteiger partial charge in [0.25, 0.3) is 0 Å². The Balaban J connectivity index is 2.50. The van der Waals surface area contributed by atoms with Crippen molar-refractivity contribution in [2.24, 2.45) is 4.99 Å². The summed E-state index contributed by atoms with van der Waals surface area (Å²) in [4.78, 5) is 7.39. The van der Waals surface area contributed by atoms with Crippen molar-refractivity contribution in [3.63, 3.8) is 0 Å². The maximum Gasteiger partial charge on any atom is 0.129 e. The first-order valence-electron chi connectivity index (χ1n) is 3.32. The van der Waals surface area contributed by atoms with Crippen molar-refractivity contribution >= 4 is 17.2 Å². The second-order valence-corrected chi connectivity index (χ2v) is 2.44. The molecule has 2 rings (SSSR count). The summed E-state index contributed by atoms with van der Waals surface area (Å²) in [6, 6.07) is 1.96. The van der Waals surface area contributed by atoms with Gasteiger partial charge in [-0.3, -0.25) is 4.99 Å².